The van der Waals surface area contributed by atoms with Crippen LogP contribution in [-0.4, -0.2) is 0 Å². The molecule has 1 aromatic carbocycles. The van der Waals surface area contributed by atoms with Gasteiger partial charge in [0.1, 0.15) is 0 Å². The third-order valence-corrected chi connectivity index (χ3v) is 5.67. The molecule has 0 N–H and O–H groups in total. The molecule has 0 spiro atoms. The highest BCUT2D eigenvalue weighted by Crippen LogP contribution is 2.51. The number of hydrogen-bond donors (Lipinski definition) is 0. The standard InChI is InChI=1S/C20H18BrN/c1-12-9-15-11-18-19(20(21)17(15)10-12)13(2)14(3)22(18)16-7-5-4-6-8-16/h4-11,19H,1-3H3. The van der Waals surface area contributed by atoms with Crippen LogP contribution in [0.5, 0.6) is 0 Å². The smallest absolute Gasteiger partial charge is 0.0545 e. The number of para-hydroxylation sites is 1. The molecule has 0 saturated heterocycles. The average Bonchev–Trinajstić information content (AvgIpc) is 2.99. The number of nitrogens with zero attached hydrogens (tertiary/aromatic N) is 1. The Morgan fingerprint density at radius 3 is 2.41 bits per heavy atom. The Kier molecular flexibility index (Phi) is 3.05. The first-order valence-corrected chi connectivity index (χ1v) is 8.41. The van der Waals surface area contributed by atoms with Gasteiger partial charge >= 0.3 is 0 Å². The van der Waals surface area contributed by atoms with Crippen LogP contribution < -0.4 is 4.90 Å². The molecule has 1 aromatic rings. The monoisotopic (exact) mass is 351 g/mol. The molecule has 0 fully saturated rings. The van der Waals surface area contributed by atoms with Crippen molar-refractivity contribution in [3.05, 3.63) is 86.7 Å². The molecule has 1 aliphatic heterocycles. The van der Waals surface area contributed by atoms with E-state index in [-0.39, 0.29) is 0 Å². The number of hydrogen-bond acceptors (Lipinski definition) is 1. The Balaban J connectivity index is 1.90. The van der Waals surface area contributed by atoms with E-state index in [9.17, 15) is 0 Å². The Hall–Kier alpha value is -1.80. The molecular weight excluding hydrogens is 334 g/mol. The van der Waals surface area contributed by atoms with Crippen molar-refractivity contribution in [1.29, 1.82) is 0 Å². The SMILES string of the molecule is CC1=CC2=C(Br)C3C(=CC2=C1)N(c1ccccc1)C(C)=C3C. The summed E-state index contributed by atoms with van der Waals surface area (Å²) in [7, 11) is 0. The zero-order chi connectivity index (χ0) is 15.4. The summed E-state index contributed by atoms with van der Waals surface area (Å²) in [5.74, 6) is 0.342. The molecule has 110 valence electrons. The fourth-order valence-electron chi connectivity index (χ4n) is 3.63. The number of anilines is 1. The molecule has 3 aliphatic rings. The molecule has 22 heavy (non-hydrogen) atoms. The van der Waals surface area contributed by atoms with Crippen molar-refractivity contribution >= 4 is 21.6 Å². The van der Waals surface area contributed by atoms with Gasteiger partial charge in [-0.2, -0.15) is 0 Å². The van der Waals surface area contributed by atoms with Crippen molar-refractivity contribution in [3.63, 3.8) is 0 Å². The van der Waals surface area contributed by atoms with E-state index in [1.807, 2.05) is 0 Å². The molecule has 0 radical (unpaired) electrons. The van der Waals surface area contributed by atoms with Gasteiger partial charge in [0.15, 0.2) is 0 Å². The molecule has 2 heteroatoms. The van der Waals surface area contributed by atoms with Gasteiger partial charge in [0, 0.05) is 21.6 Å². The maximum Gasteiger partial charge on any atom is 0.0545 e. The van der Waals surface area contributed by atoms with Gasteiger partial charge in [0.2, 0.25) is 0 Å². The molecule has 0 aromatic heterocycles. The van der Waals surface area contributed by atoms with Crippen LogP contribution in [0.25, 0.3) is 0 Å². The van der Waals surface area contributed by atoms with Crippen LogP contribution in [0.1, 0.15) is 20.8 Å². The topological polar surface area (TPSA) is 3.24 Å². The first-order chi connectivity index (χ1) is 10.6. The van der Waals surface area contributed by atoms with Crippen molar-refractivity contribution < 1.29 is 0 Å². The summed E-state index contributed by atoms with van der Waals surface area (Å²) in [6.07, 6.45) is 6.90. The second kappa shape index (κ2) is 4.85. The van der Waals surface area contributed by atoms with E-state index in [4.69, 9.17) is 0 Å². The van der Waals surface area contributed by atoms with E-state index >= 15 is 0 Å². The van der Waals surface area contributed by atoms with E-state index in [1.54, 1.807) is 0 Å². The summed E-state index contributed by atoms with van der Waals surface area (Å²) < 4.78 is 1.29. The molecule has 2 aliphatic carbocycles. The number of fused-ring (bicyclic) bond motifs is 2. The maximum atomic E-state index is 3.89. The predicted molar refractivity (Wildman–Crippen MR) is 96.7 cm³/mol. The minimum atomic E-state index is 0.342. The summed E-state index contributed by atoms with van der Waals surface area (Å²) in [5, 5.41) is 0. The molecule has 0 saturated carbocycles. The molecule has 1 heterocycles. The van der Waals surface area contributed by atoms with Gasteiger partial charge in [0.05, 0.1) is 5.92 Å². The highest BCUT2D eigenvalue weighted by molar-refractivity contribution is 9.11. The molecule has 0 bridgehead atoms. The van der Waals surface area contributed by atoms with Crippen LogP contribution >= 0.6 is 15.9 Å². The normalized spacial score (nSPS) is 23.4. The molecule has 4 rings (SSSR count). The van der Waals surface area contributed by atoms with E-state index < -0.39 is 0 Å². The van der Waals surface area contributed by atoms with E-state index in [0.717, 1.165) is 0 Å². The van der Waals surface area contributed by atoms with Gasteiger partial charge in [-0.15, -0.1) is 0 Å². The van der Waals surface area contributed by atoms with Crippen LogP contribution in [-0.2, 0) is 0 Å². The van der Waals surface area contributed by atoms with Crippen LogP contribution in [0.3, 0.4) is 0 Å². The van der Waals surface area contributed by atoms with Gasteiger partial charge in [-0.3, -0.25) is 0 Å². The quantitative estimate of drug-likeness (QED) is 0.613. The van der Waals surface area contributed by atoms with E-state index in [1.165, 1.54) is 43.9 Å². The zero-order valence-electron chi connectivity index (χ0n) is 13.0. The van der Waals surface area contributed by atoms with Crippen LogP contribution in [0, 0.1) is 5.92 Å². The summed E-state index contributed by atoms with van der Waals surface area (Å²) >= 11 is 3.89. The minimum Gasteiger partial charge on any atom is -0.317 e. The van der Waals surface area contributed by atoms with E-state index in [2.05, 4.69) is 90.2 Å². The number of allylic oxidation sites excluding steroid dienone is 8. The number of halogens is 1. The first kappa shape index (κ1) is 13.8. The minimum absolute atomic E-state index is 0.342. The molecule has 1 unspecified atom stereocenters. The van der Waals surface area contributed by atoms with Gasteiger partial charge < -0.3 is 4.90 Å². The highest BCUT2D eigenvalue weighted by atomic mass is 79.9. The lowest BCUT2D eigenvalue weighted by Crippen LogP contribution is -2.20. The van der Waals surface area contributed by atoms with Crippen molar-refractivity contribution in [2.45, 2.75) is 20.8 Å². The van der Waals surface area contributed by atoms with E-state index in [0.29, 0.717) is 5.92 Å². The largest absolute Gasteiger partial charge is 0.317 e. The highest BCUT2D eigenvalue weighted by Gasteiger charge is 2.38. The summed E-state index contributed by atoms with van der Waals surface area (Å²) in [5.41, 5.74) is 9.33. The molecule has 0 amide bonds. The van der Waals surface area contributed by atoms with Crippen molar-refractivity contribution in [3.8, 4) is 0 Å². The Labute approximate surface area is 140 Å². The van der Waals surface area contributed by atoms with Crippen LogP contribution in [0.4, 0.5) is 5.69 Å². The number of rotatable bonds is 1. The van der Waals surface area contributed by atoms with Crippen LogP contribution in [0.15, 0.2) is 86.7 Å². The van der Waals surface area contributed by atoms with Crippen molar-refractivity contribution in [2.24, 2.45) is 5.92 Å². The second-order valence-corrected chi connectivity index (χ2v) is 7.05. The summed E-state index contributed by atoms with van der Waals surface area (Å²) in [6.45, 7) is 6.63. The van der Waals surface area contributed by atoms with Gasteiger partial charge in [-0.25, -0.2) is 0 Å². The fraction of sp³-hybridized carbons (Fsp3) is 0.200. The first-order valence-electron chi connectivity index (χ1n) is 7.62. The summed E-state index contributed by atoms with van der Waals surface area (Å²) in [4.78, 5) is 2.40. The number of benzene rings is 1. The Morgan fingerprint density at radius 1 is 0.955 bits per heavy atom. The lowest BCUT2D eigenvalue weighted by Gasteiger charge is -2.28. The van der Waals surface area contributed by atoms with Gasteiger partial charge in [-0.05, 0) is 61.3 Å². The third-order valence-electron chi connectivity index (χ3n) is 4.79. The Morgan fingerprint density at radius 2 is 1.68 bits per heavy atom. The maximum absolute atomic E-state index is 3.89. The summed E-state index contributed by atoms with van der Waals surface area (Å²) in [6, 6.07) is 10.6. The molecule has 1 nitrogen and oxygen atoms in total. The van der Waals surface area contributed by atoms with Crippen LogP contribution in [0.2, 0.25) is 0 Å². The van der Waals surface area contributed by atoms with Crippen molar-refractivity contribution in [2.75, 3.05) is 4.90 Å². The molecular formula is C20H18BrN. The van der Waals surface area contributed by atoms with Gasteiger partial charge in [-0.1, -0.05) is 46.3 Å². The zero-order valence-corrected chi connectivity index (χ0v) is 14.6. The van der Waals surface area contributed by atoms with Crippen molar-refractivity contribution in [1.82, 2.24) is 0 Å². The second-order valence-electron chi connectivity index (χ2n) is 6.19. The molecule has 1 atom stereocenters. The Bertz CT molecular complexity index is 819. The average molecular weight is 352 g/mol. The third kappa shape index (κ3) is 1.83. The lowest BCUT2D eigenvalue weighted by molar-refractivity contribution is 0.885. The predicted octanol–water partition coefficient (Wildman–Crippen LogP) is 5.85. The fourth-order valence-corrected chi connectivity index (χ4v) is 4.56. The van der Waals surface area contributed by atoms with Gasteiger partial charge in [0.25, 0.3) is 0 Å². The lowest BCUT2D eigenvalue weighted by atomic mass is 9.89.